The van der Waals surface area contributed by atoms with E-state index in [9.17, 15) is 0 Å². The molecule has 0 aliphatic heterocycles. The van der Waals surface area contributed by atoms with Gasteiger partial charge in [-0.1, -0.05) is 44.9 Å². The second-order valence-corrected chi connectivity index (χ2v) is 3.47. The summed E-state index contributed by atoms with van der Waals surface area (Å²) in [5.74, 6) is 2.48. The number of hydrogen-bond acceptors (Lipinski definition) is 2. The average molecular weight is 192 g/mol. The summed E-state index contributed by atoms with van der Waals surface area (Å²) in [6.45, 7) is 2.69. The smallest absolute Gasteiger partial charge is 0.0960 e. The zero-order valence-electron chi connectivity index (χ0n) is 9.05. The molecule has 0 bridgehead atoms. The summed E-state index contributed by atoms with van der Waals surface area (Å²) < 4.78 is 0. The van der Waals surface area contributed by atoms with E-state index in [4.69, 9.17) is 11.7 Å². The summed E-state index contributed by atoms with van der Waals surface area (Å²) in [5.41, 5.74) is 0. The van der Waals surface area contributed by atoms with Crippen LogP contribution in [-0.4, -0.2) is 12.6 Å². The van der Waals surface area contributed by atoms with Gasteiger partial charge >= 0.3 is 0 Å². The Kier molecular flexibility index (Phi) is 9.38. The predicted octanol–water partition coefficient (Wildman–Crippen LogP) is 2.46. The van der Waals surface area contributed by atoms with E-state index >= 15 is 0 Å². The van der Waals surface area contributed by atoms with Gasteiger partial charge in [-0.3, -0.25) is 5.32 Å². The molecule has 0 aliphatic carbocycles. The van der Waals surface area contributed by atoms with Crippen LogP contribution in [0.4, 0.5) is 0 Å². The molecule has 1 unspecified atom stereocenters. The van der Waals surface area contributed by atoms with Crippen molar-refractivity contribution in [3.05, 3.63) is 0 Å². The number of nitriles is 1. The predicted molar refractivity (Wildman–Crippen MR) is 59.6 cm³/mol. The maximum Gasteiger partial charge on any atom is 0.0960 e. The van der Waals surface area contributed by atoms with Gasteiger partial charge in [0.25, 0.3) is 0 Å². The van der Waals surface area contributed by atoms with Gasteiger partial charge in [0.15, 0.2) is 0 Å². The van der Waals surface area contributed by atoms with Gasteiger partial charge in [-0.2, -0.15) is 5.26 Å². The SMILES string of the molecule is C#CCNC(C#N)CCCCCCC. The maximum atomic E-state index is 8.77. The molecule has 1 atom stereocenters. The fourth-order valence-corrected chi connectivity index (χ4v) is 1.35. The van der Waals surface area contributed by atoms with Gasteiger partial charge in [0.2, 0.25) is 0 Å². The Hall–Kier alpha value is -0.990. The third kappa shape index (κ3) is 7.65. The Balaban J connectivity index is 3.35. The van der Waals surface area contributed by atoms with E-state index in [1.165, 1.54) is 25.7 Å². The van der Waals surface area contributed by atoms with Crippen LogP contribution in [0.15, 0.2) is 0 Å². The monoisotopic (exact) mass is 192 g/mol. The maximum absolute atomic E-state index is 8.77. The molecular weight excluding hydrogens is 172 g/mol. The molecule has 0 saturated heterocycles. The molecule has 2 heteroatoms. The lowest BCUT2D eigenvalue weighted by Crippen LogP contribution is -2.27. The van der Waals surface area contributed by atoms with Crippen molar-refractivity contribution >= 4 is 0 Å². The topological polar surface area (TPSA) is 35.8 Å². The first kappa shape index (κ1) is 13.0. The fourth-order valence-electron chi connectivity index (χ4n) is 1.35. The Morgan fingerprint density at radius 3 is 2.57 bits per heavy atom. The van der Waals surface area contributed by atoms with Gasteiger partial charge in [-0.05, 0) is 6.42 Å². The lowest BCUT2D eigenvalue weighted by molar-refractivity contribution is 0.539. The average Bonchev–Trinajstić information content (AvgIpc) is 2.22. The molecule has 0 aromatic heterocycles. The summed E-state index contributed by atoms with van der Waals surface area (Å²) >= 11 is 0. The minimum atomic E-state index is -0.0623. The van der Waals surface area contributed by atoms with Gasteiger partial charge in [-0.15, -0.1) is 6.42 Å². The number of rotatable bonds is 8. The van der Waals surface area contributed by atoms with E-state index in [-0.39, 0.29) is 6.04 Å². The first-order chi connectivity index (χ1) is 6.85. The fraction of sp³-hybridized carbons (Fsp3) is 0.750. The second kappa shape index (κ2) is 10.1. The van der Waals surface area contributed by atoms with Crippen molar-refractivity contribution in [1.29, 1.82) is 5.26 Å². The third-order valence-electron chi connectivity index (χ3n) is 2.20. The highest BCUT2D eigenvalue weighted by Gasteiger charge is 2.03. The summed E-state index contributed by atoms with van der Waals surface area (Å²) in [5, 5.41) is 11.8. The molecule has 0 rings (SSSR count). The van der Waals surface area contributed by atoms with Crippen molar-refractivity contribution in [3.8, 4) is 18.4 Å². The first-order valence-electron chi connectivity index (χ1n) is 5.41. The standard InChI is InChI=1S/C12H20N2/c1-3-5-6-7-8-9-12(11-13)14-10-4-2/h2,12,14H,3,5-10H2,1H3. The lowest BCUT2D eigenvalue weighted by Gasteiger charge is -2.08. The molecule has 0 aromatic carbocycles. The number of unbranched alkanes of at least 4 members (excludes halogenated alkanes) is 4. The molecule has 0 heterocycles. The van der Waals surface area contributed by atoms with Gasteiger partial charge in [0.05, 0.1) is 18.7 Å². The van der Waals surface area contributed by atoms with Crippen molar-refractivity contribution in [2.75, 3.05) is 6.54 Å². The van der Waals surface area contributed by atoms with Gasteiger partial charge in [-0.25, -0.2) is 0 Å². The molecule has 0 aromatic rings. The molecule has 0 amide bonds. The first-order valence-corrected chi connectivity index (χ1v) is 5.41. The minimum Gasteiger partial charge on any atom is -0.291 e. The molecule has 1 N–H and O–H groups in total. The van der Waals surface area contributed by atoms with Crippen LogP contribution in [0.3, 0.4) is 0 Å². The van der Waals surface area contributed by atoms with Crippen LogP contribution in [0.2, 0.25) is 0 Å². The molecule has 2 nitrogen and oxygen atoms in total. The lowest BCUT2D eigenvalue weighted by atomic mass is 10.1. The van der Waals surface area contributed by atoms with E-state index in [0.717, 1.165) is 12.8 Å². The highest BCUT2D eigenvalue weighted by atomic mass is 14.9. The van der Waals surface area contributed by atoms with E-state index in [1.54, 1.807) is 0 Å². The Morgan fingerprint density at radius 2 is 2.00 bits per heavy atom. The molecule has 0 aliphatic rings. The summed E-state index contributed by atoms with van der Waals surface area (Å²) in [7, 11) is 0. The van der Waals surface area contributed by atoms with Crippen LogP contribution in [0.5, 0.6) is 0 Å². The zero-order chi connectivity index (χ0) is 10.6. The molecular formula is C12H20N2. The zero-order valence-corrected chi connectivity index (χ0v) is 9.05. The molecule has 14 heavy (non-hydrogen) atoms. The van der Waals surface area contributed by atoms with Crippen molar-refractivity contribution in [2.45, 2.75) is 51.5 Å². The molecule has 0 fully saturated rings. The summed E-state index contributed by atoms with van der Waals surface area (Å²) in [6.07, 6.45) is 12.2. The molecule has 0 saturated carbocycles. The largest absolute Gasteiger partial charge is 0.291 e. The number of hydrogen-bond donors (Lipinski definition) is 1. The van der Waals surface area contributed by atoms with E-state index in [1.807, 2.05) is 0 Å². The highest BCUT2D eigenvalue weighted by molar-refractivity contribution is 4.95. The Bertz CT molecular complexity index is 197. The molecule has 0 spiro atoms. The quantitative estimate of drug-likeness (QED) is 0.473. The second-order valence-electron chi connectivity index (χ2n) is 3.47. The van der Waals surface area contributed by atoms with Crippen LogP contribution >= 0.6 is 0 Å². The van der Waals surface area contributed by atoms with Crippen molar-refractivity contribution in [1.82, 2.24) is 5.32 Å². The molecule has 78 valence electrons. The minimum absolute atomic E-state index is 0.0623. The van der Waals surface area contributed by atoms with Crippen molar-refractivity contribution in [3.63, 3.8) is 0 Å². The van der Waals surface area contributed by atoms with Gasteiger partial charge in [0.1, 0.15) is 0 Å². The van der Waals surface area contributed by atoms with Crippen molar-refractivity contribution in [2.24, 2.45) is 0 Å². The van der Waals surface area contributed by atoms with Crippen LogP contribution < -0.4 is 5.32 Å². The number of nitrogens with zero attached hydrogens (tertiary/aromatic N) is 1. The number of nitrogens with one attached hydrogen (secondary N) is 1. The normalized spacial score (nSPS) is 11.6. The third-order valence-corrected chi connectivity index (χ3v) is 2.20. The van der Waals surface area contributed by atoms with E-state index in [2.05, 4.69) is 24.2 Å². The van der Waals surface area contributed by atoms with Crippen LogP contribution in [-0.2, 0) is 0 Å². The number of terminal acetylenes is 1. The molecule has 0 radical (unpaired) electrons. The van der Waals surface area contributed by atoms with Crippen LogP contribution in [0.25, 0.3) is 0 Å². The van der Waals surface area contributed by atoms with Crippen molar-refractivity contribution < 1.29 is 0 Å². The summed E-state index contributed by atoms with van der Waals surface area (Å²) in [6, 6.07) is 2.16. The van der Waals surface area contributed by atoms with Gasteiger partial charge < -0.3 is 0 Å². The van der Waals surface area contributed by atoms with Crippen LogP contribution in [0, 0.1) is 23.7 Å². The van der Waals surface area contributed by atoms with Crippen LogP contribution in [0.1, 0.15) is 45.4 Å². The Morgan fingerprint density at radius 1 is 1.29 bits per heavy atom. The van der Waals surface area contributed by atoms with E-state index in [0.29, 0.717) is 6.54 Å². The van der Waals surface area contributed by atoms with Gasteiger partial charge in [0, 0.05) is 0 Å². The Labute approximate surface area is 87.7 Å². The van der Waals surface area contributed by atoms with E-state index < -0.39 is 0 Å². The summed E-state index contributed by atoms with van der Waals surface area (Å²) in [4.78, 5) is 0. The highest BCUT2D eigenvalue weighted by Crippen LogP contribution is 2.06.